The van der Waals surface area contributed by atoms with Crippen LogP contribution in [0, 0.1) is 0 Å². The van der Waals surface area contributed by atoms with Gasteiger partial charge in [0.2, 0.25) is 0 Å². The molecule has 1 unspecified atom stereocenters. The minimum absolute atomic E-state index is 0.136. The molecule has 0 radical (unpaired) electrons. The summed E-state index contributed by atoms with van der Waals surface area (Å²) in [6, 6.07) is 5.55. The highest BCUT2D eigenvalue weighted by atomic mass is 79.9. The van der Waals surface area contributed by atoms with Crippen LogP contribution >= 0.6 is 15.9 Å². The van der Waals surface area contributed by atoms with Crippen molar-refractivity contribution in [3.8, 4) is 5.75 Å². The van der Waals surface area contributed by atoms with Crippen LogP contribution in [0.1, 0.15) is 52.2 Å². The summed E-state index contributed by atoms with van der Waals surface area (Å²) >= 11 is 3.37. The summed E-state index contributed by atoms with van der Waals surface area (Å²) in [7, 11) is 0. The predicted octanol–water partition coefficient (Wildman–Crippen LogP) is 3.57. The molecule has 0 saturated heterocycles. The van der Waals surface area contributed by atoms with Gasteiger partial charge in [0.25, 0.3) is 5.91 Å². The molecule has 1 rings (SSSR count). The Hall–Kier alpha value is -1.07. The van der Waals surface area contributed by atoms with Crippen LogP contribution < -0.4 is 10.1 Å². The standard InChI is InChI=1S/C16H24BrNO3/c1-5-13(6-2)18-16(20)11(4)21-15-8-7-12(17)9-14(15)10(3)19/h7-11,13,19H,5-6H2,1-4H3,(H,18,20)/t10-,11?/m0/s1. The molecule has 0 saturated carbocycles. The average Bonchev–Trinajstić information content (AvgIpc) is 2.45. The monoisotopic (exact) mass is 357 g/mol. The van der Waals surface area contributed by atoms with E-state index in [0.29, 0.717) is 11.3 Å². The molecule has 5 heteroatoms. The fraction of sp³-hybridized carbons (Fsp3) is 0.562. The van der Waals surface area contributed by atoms with Crippen molar-refractivity contribution in [2.45, 2.75) is 58.8 Å². The van der Waals surface area contributed by atoms with Gasteiger partial charge in [-0.2, -0.15) is 0 Å². The highest BCUT2D eigenvalue weighted by Crippen LogP contribution is 2.29. The third-order valence-electron chi connectivity index (χ3n) is 3.43. The van der Waals surface area contributed by atoms with Crippen LogP contribution in [-0.2, 0) is 4.79 Å². The van der Waals surface area contributed by atoms with Crippen molar-refractivity contribution in [1.29, 1.82) is 0 Å². The Labute approximate surface area is 135 Å². The maximum absolute atomic E-state index is 12.1. The molecule has 1 amide bonds. The van der Waals surface area contributed by atoms with Gasteiger partial charge >= 0.3 is 0 Å². The molecule has 4 nitrogen and oxygen atoms in total. The van der Waals surface area contributed by atoms with Crippen LogP contribution in [0.4, 0.5) is 0 Å². The average molecular weight is 358 g/mol. The second kappa shape index (κ2) is 8.39. The summed E-state index contributed by atoms with van der Waals surface area (Å²) in [5, 5.41) is 12.8. The first-order valence-electron chi connectivity index (χ1n) is 7.33. The quantitative estimate of drug-likeness (QED) is 0.783. The molecule has 0 bridgehead atoms. The molecule has 0 aliphatic heterocycles. The van der Waals surface area contributed by atoms with Gasteiger partial charge in [0.05, 0.1) is 6.10 Å². The maximum Gasteiger partial charge on any atom is 0.260 e. The first-order valence-corrected chi connectivity index (χ1v) is 8.12. The van der Waals surface area contributed by atoms with Gasteiger partial charge in [0, 0.05) is 16.1 Å². The van der Waals surface area contributed by atoms with E-state index < -0.39 is 12.2 Å². The van der Waals surface area contributed by atoms with Gasteiger partial charge in [0.15, 0.2) is 6.10 Å². The van der Waals surface area contributed by atoms with Crippen LogP contribution in [0.25, 0.3) is 0 Å². The number of carbonyl (C=O) groups is 1. The molecule has 2 atom stereocenters. The van der Waals surface area contributed by atoms with E-state index in [1.54, 1.807) is 26.0 Å². The van der Waals surface area contributed by atoms with E-state index in [-0.39, 0.29) is 11.9 Å². The number of hydrogen-bond acceptors (Lipinski definition) is 3. The van der Waals surface area contributed by atoms with E-state index in [1.165, 1.54) is 0 Å². The number of amides is 1. The Balaban J connectivity index is 2.78. The van der Waals surface area contributed by atoms with E-state index in [4.69, 9.17) is 4.74 Å². The number of aliphatic hydroxyl groups is 1. The molecule has 0 heterocycles. The second-order valence-electron chi connectivity index (χ2n) is 5.14. The van der Waals surface area contributed by atoms with Crippen molar-refractivity contribution in [2.75, 3.05) is 0 Å². The van der Waals surface area contributed by atoms with E-state index >= 15 is 0 Å². The highest BCUT2D eigenvalue weighted by molar-refractivity contribution is 9.10. The molecular weight excluding hydrogens is 334 g/mol. The largest absolute Gasteiger partial charge is 0.481 e. The van der Waals surface area contributed by atoms with Crippen LogP contribution in [0.5, 0.6) is 5.75 Å². The lowest BCUT2D eigenvalue weighted by Crippen LogP contribution is -2.42. The fourth-order valence-corrected chi connectivity index (χ4v) is 2.39. The Morgan fingerprint density at radius 1 is 1.33 bits per heavy atom. The summed E-state index contributed by atoms with van der Waals surface area (Å²) in [6.45, 7) is 7.47. The molecule has 21 heavy (non-hydrogen) atoms. The number of aliphatic hydroxyl groups excluding tert-OH is 1. The molecule has 0 aromatic heterocycles. The lowest BCUT2D eigenvalue weighted by molar-refractivity contribution is -0.128. The molecule has 2 N–H and O–H groups in total. The third-order valence-corrected chi connectivity index (χ3v) is 3.92. The number of carbonyl (C=O) groups excluding carboxylic acids is 1. The zero-order chi connectivity index (χ0) is 16.0. The van der Waals surface area contributed by atoms with Crippen LogP contribution in [0.15, 0.2) is 22.7 Å². The maximum atomic E-state index is 12.1. The van der Waals surface area contributed by atoms with Gasteiger partial charge in [-0.25, -0.2) is 0 Å². The van der Waals surface area contributed by atoms with Gasteiger partial charge in [-0.05, 0) is 44.9 Å². The van der Waals surface area contributed by atoms with Crippen LogP contribution in [-0.4, -0.2) is 23.2 Å². The van der Waals surface area contributed by atoms with Crippen molar-refractivity contribution < 1.29 is 14.6 Å². The topological polar surface area (TPSA) is 58.6 Å². The normalized spacial score (nSPS) is 13.9. The smallest absolute Gasteiger partial charge is 0.260 e. The Morgan fingerprint density at radius 3 is 2.48 bits per heavy atom. The van der Waals surface area contributed by atoms with Crippen molar-refractivity contribution in [1.82, 2.24) is 5.32 Å². The van der Waals surface area contributed by atoms with E-state index in [0.717, 1.165) is 17.3 Å². The number of halogens is 1. The zero-order valence-electron chi connectivity index (χ0n) is 13.0. The summed E-state index contributed by atoms with van der Waals surface area (Å²) < 4.78 is 6.58. The van der Waals surface area contributed by atoms with Gasteiger partial charge < -0.3 is 15.2 Å². The SMILES string of the molecule is CCC(CC)NC(=O)C(C)Oc1ccc(Br)cc1[C@H](C)O. The lowest BCUT2D eigenvalue weighted by Gasteiger charge is -2.21. The van der Waals surface area contributed by atoms with E-state index in [9.17, 15) is 9.90 Å². The summed E-state index contributed by atoms with van der Waals surface area (Å²) in [6.07, 6.45) is 0.522. The number of hydrogen-bond donors (Lipinski definition) is 2. The van der Waals surface area contributed by atoms with Crippen molar-refractivity contribution >= 4 is 21.8 Å². The molecule has 0 spiro atoms. The van der Waals surface area contributed by atoms with Crippen molar-refractivity contribution in [2.24, 2.45) is 0 Å². The molecular formula is C16H24BrNO3. The third kappa shape index (κ3) is 5.32. The van der Waals surface area contributed by atoms with E-state index in [2.05, 4.69) is 21.2 Å². The molecule has 1 aromatic carbocycles. The second-order valence-corrected chi connectivity index (χ2v) is 6.06. The number of ether oxygens (including phenoxy) is 1. The minimum atomic E-state index is -0.660. The first-order chi connectivity index (χ1) is 9.88. The lowest BCUT2D eigenvalue weighted by atomic mass is 10.1. The van der Waals surface area contributed by atoms with Gasteiger partial charge in [-0.3, -0.25) is 4.79 Å². The van der Waals surface area contributed by atoms with Crippen molar-refractivity contribution in [3.05, 3.63) is 28.2 Å². The number of benzene rings is 1. The number of nitrogens with one attached hydrogen (secondary N) is 1. The summed E-state index contributed by atoms with van der Waals surface area (Å²) in [5.74, 6) is 0.392. The zero-order valence-corrected chi connectivity index (χ0v) is 14.6. The van der Waals surface area contributed by atoms with Crippen molar-refractivity contribution in [3.63, 3.8) is 0 Å². The fourth-order valence-electron chi connectivity index (χ4n) is 2.01. The molecule has 0 aliphatic carbocycles. The minimum Gasteiger partial charge on any atom is -0.481 e. The van der Waals surface area contributed by atoms with Crippen LogP contribution in [0.2, 0.25) is 0 Å². The highest BCUT2D eigenvalue weighted by Gasteiger charge is 2.19. The predicted molar refractivity (Wildman–Crippen MR) is 87.4 cm³/mol. The molecule has 0 fully saturated rings. The van der Waals surface area contributed by atoms with Gasteiger partial charge in [-0.15, -0.1) is 0 Å². The van der Waals surface area contributed by atoms with Crippen LogP contribution in [0.3, 0.4) is 0 Å². The Kier molecular flexibility index (Phi) is 7.18. The van der Waals surface area contributed by atoms with Gasteiger partial charge in [0.1, 0.15) is 5.75 Å². The molecule has 1 aromatic rings. The first kappa shape index (κ1) is 18.0. The molecule has 0 aliphatic rings. The Morgan fingerprint density at radius 2 is 1.95 bits per heavy atom. The summed E-state index contributed by atoms with van der Waals surface area (Å²) in [5.41, 5.74) is 0.659. The molecule has 118 valence electrons. The van der Waals surface area contributed by atoms with Gasteiger partial charge in [-0.1, -0.05) is 29.8 Å². The Bertz CT molecular complexity index is 473. The number of rotatable bonds is 7. The van der Waals surface area contributed by atoms with E-state index in [1.807, 2.05) is 19.9 Å². The summed E-state index contributed by atoms with van der Waals surface area (Å²) in [4.78, 5) is 12.1.